The molecule has 3 nitrogen and oxygen atoms in total. The fourth-order valence-electron chi connectivity index (χ4n) is 2.40. The van der Waals surface area contributed by atoms with Crippen LogP contribution in [0.5, 0.6) is 0 Å². The molecule has 1 aromatic rings. The van der Waals surface area contributed by atoms with Crippen LogP contribution in [0.4, 0.5) is 5.69 Å². The Kier molecular flexibility index (Phi) is 3.48. The molecular formula is C14H20N2O. The first-order valence-electron chi connectivity index (χ1n) is 6.22. The lowest BCUT2D eigenvalue weighted by molar-refractivity contribution is -0.121. The predicted octanol–water partition coefficient (Wildman–Crippen LogP) is 2.34. The van der Waals surface area contributed by atoms with Crippen molar-refractivity contribution in [1.29, 1.82) is 0 Å². The Morgan fingerprint density at radius 3 is 2.76 bits per heavy atom. The summed E-state index contributed by atoms with van der Waals surface area (Å²) in [6.45, 7) is 4.71. The summed E-state index contributed by atoms with van der Waals surface area (Å²) in [7, 11) is 1.97. The standard InChI is InChI=1S/C14H20N2O/c1-10(2)14(17)16-9-8-12(15-3)11-6-4-5-7-13(11)16/h4-7,10,12,15H,8-9H2,1-3H3. The van der Waals surface area contributed by atoms with Gasteiger partial charge < -0.3 is 10.2 Å². The van der Waals surface area contributed by atoms with Crippen molar-refractivity contribution in [2.75, 3.05) is 18.5 Å². The second-order valence-electron chi connectivity index (χ2n) is 4.83. The van der Waals surface area contributed by atoms with Crippen LogP contribution in [-0.4, -0.2) is 19.5 Å². The predicted molar refractivity (Wildman–Crippen MR) is 70.1 cm³/mol. The number of carbonyl (C=O) groups excluding carboxylic acids is 1. The molecule has 1 atom stereocenters. The molecule has 0 fully saturated rings. The Balaban J connectivity index is 2.37. The zero-order valence-corrected chi connectivity index (χ0v) is 10.7. The molecule has 1 aliphatic rings. The minimum absolute atomic E-state index is 0.0502. The van der Waals surface area contributed by atoms with Gasteiger partial charge in [0.2, 0.25) is 5.91 Å². The van der Waals surface area contributed by atoms with Gasteiger partial charge in [0.25, 0.3) is 0 Å². The summed E-state index contributed by atoms with van der Waals surface area (Å²) in [6.07, 6.45) is 0.978. The zero-order chi connectivity index (χ0) is 12.4. The van der Waals surface area contributed by atoms with Crippen LogP contribution in [0, 0.1) is 5.92 Å². The molecule has 1 aromatic carbocycles. The second kappa shape index (κ2) is 4.88. The van der Waals surface area contributed by atoms with Gasteiger partial charge >= 0.3 is 0 Å². The molecule has 0 saturated heterocycles. The largest absolute Gasteiger partial charge is 0.313 e. The lowest BCUT2D eigenvalue weighted by Gasteiger charge is -2.35. The number of rotatable bonds is 2. The van der Waals surface area contributed by atoms with Crippen LogP contribution in [0.2, 0.25) is 0 Å². The van der Waals surface area contributed by atoms with Crippen LogP contribution < -0.4 is 10.2 Å². The third kappa shape index (κ3) is 2.20. The maximum atomic E-state index is 12.2. The summed E-state index contributed by atoms with van der Waals surface area (Å²) in [4.78, 5) is 14.1. The highest BCUT2D eigenvalue weighted by atomic mass is 16.2. The summed E-state index contributed by atoms with van der Waals surface area (Å²) in [5, 5.41) is 3.31. The van der Waals surface area contributed by atoms with Crippen molar-refractivity contribution in [2.45, 2.75) is 26.3 Å². The van der Waals surface area contributed by atoms with Gasteiger partial charge in [-0.15, -0.1) is 0 Å². The first kappa shape index (κ1) is 12.1. The quantitative estimate of drug-likeness (QED) is 0.849. The lowest BCUT2D eigenvalue weighted by Crippen LogP contribution is -2.41. The van der Waals surface area contributed by atoms with Crippen molar-refractivity contribution in [1.82, 2.24) is 5.32 Å². The molecule has 1 unspecified atom stereocenters. The Labute approximate surface area is 103 Å². The zero-order valence-electron chi connectivity index (χ0n) is 10.7. The summed E-state index contributed by atoms with van der Waals surface area (Å²) < 4.78 is 0. The van der Waals surface area contributed by atoms with Crippen molar-refractivity contribution >= 4 is 11.6 Å². The number of para-hydroxylation sites is 1. The fraction of sp³-hybridized carbons (Fsp3) is 0.500. The van der Waals surface area contributed by atoms with Crippen molar-refractivity contribution < 1.29 is 4.79 Å². The maximum Gasteiger partial charge on any atom is 0.229 e. The number of anilines is 1. The molecule has 17 heavy (non-hydrogen) atoms. The minimum Gasteiger partial charge on any atom is -0.313 e. The molecule has 0 saturated carbocycles. The Morgan fingerprint density at radius 2 is 2.12 bits per heavy atom. The highest BCUT2D eigenvalue weighted by Gasteiger charge is 2.28. The molecule has 1 heterocycles. The van der Waals surface area contributed by atoms with Crippen molar-refractivity contribution in [2.24, 2.45) is 5.92 Å². The van der Waals surface area contributed by atoms with E-state index in [2.05, 4.69) is 11.4 Å². The molecule has 1 N–H and O–H groups in total. The molecule has 0 aliphatic carbocycles. The van der Waals surface area contributed by atoms with Gasteiger partial charge in [-0.25, -0.2) is 0 Å². The number of amides is 1. The van der Waals surface area contributed by atoms with Crippen molar-refractivity contribution in [3.63, 3.8) is 0 Å². The van der Waals surface area contributed by atoms with Gasteiger partial charge in [-0.3, -0.25) is 4.79 Å². The van der Waals surface area contributed by atoms with Gasteiger partial charge in [0.05, 0.1) is 0 Å². The minimum atomic E-state index is 0.0502. The van der Waals surface area contributed by atoms with E-state index in [9.17, 15) is 4.79 Å². The average Bonchev–Trinajstić information content (AvgIpc) is 2.36. The van der Waals surface area contributed by atoms with E-state index in [0.29, 0.717) is 6.04 Å². The van der Waals surface area contributed by atoms with Gasteiger partial charge in [-0.1, -0.05) is 32.0 Å². The Hall–Kier alpha value is -1.35. The Morgan fingerprint density at radius 1 is 1.41 bits per heavy atom. The van der Waals surface area contributed by atoms with E-state index in [1.165, 1.54) is 5.56 Å². The van der Waals surface area contributed by atoms with Crippen LogP contribution in [0.15, 0.2) is 24.3 Å². The third-order valence-electron chi connectivity index (χ3n) is 3.35. The number of fused-ring (bicyclic) bond motifs is 1. The van der Waals surface area contributed by atoms with Gasteiger partial charge in [0, 0.05) is 24.2 Å². The topological polar surface area (TPSA) is 32.3 Å². The maximum absolute atomic E-state index is 12.2. The average molecular weight is 232 g/mol. The number of nitrogens with zero attached hydrogens (tertiary/aromatic N) is 1. The summed E-state index contributed by atoms with van der Waals surface area (Å²) in [5.41, 5.74) is 2.30. The van der Waals surface area contributed by atoms with Crippen molar-refractivity contribution in [3.05, 3.63) is 29.8 Å². The van der Waals surface area contributed by atoms with Gasteiger partial charge in [-0.05, 0) is 25.1 Å². The van der Waals surface area contributed by atoms with Crippen LogP contribution in [0.1, 0.15) is 31.9 Å². The molecule has 0 spiro atoms. The summed E-state index contributed by atoms with van der Waals surface area (Å²) in [5.74, 6) is 0.265. The van der Waals surface area contributed by atoms with Gasteiger partial charge in [0.1, 0.15) is 0 Å². The van der Waals surface area contributed by atoms with E-state index in [0.717, 1.165) is 18.7 Å². The van der Waals surface area contributed by atoms with Gasteiger partial charge in [-0.2, -0.15) is 0 Å². The van der Waals surface area contributed by atoms with Crippen LogP contribution in [-0.2, 0) is 4.79 Å². The molecular weight excluding hydrogens is 212 g/mol. The number of carbonyl (C=O) groups is 1. The highest BCUT2D eigenvalue weighted by molar-refractivity contribution is 5.95. The SMILES string of the molecule is CNC1CCN(C(=O)C(C)C)c2ccccc21. The van der Waals surface area contributed by atoms with E-state index in [1.54, 1.807) is 0 Å². The first-order valence-corrected chi connectivity index (χ1v) is 6.22. The molecule has 92 valence electrons. The van der Waals surface area contributed by atoms with Crippen LogP contribution >= 0.6 is 0 Å². The third-order valence-corrected chi connectivity index (χ3v) is 3.35. The molecule has 1 amide bonds. The van der Waals surface area contributed by atoms with E-state index < -0.39 is 0 Å². The number of benzene rings is 1. The smallest absolute Gasteiger partial charge is 0.229 e. The molecule has 1 aliphatic heterocycles. The first-order chi connectivity index (χ1) is 8.15. The van der Waals surface area contributed by atoms with E-state index in [-0.39, 0.29) is 11.8 Å². The normalized spacial score (nSPS) is 19.3. The second-order valence-corrected chi connectivity index (χ2v) is 4.83. The van der Waals surface area contributed by atoms with Crippen LogP contribution in [0.3, 0.4) is 0 Å². The van der Waals surface area contributed by atoms with E-state index in [4.69, 9.17) is 0 Å². The monoisotopic (exact) mass is 232 g/mol. The van der Waals surface area contributed by atoms with Crippen LogP contribution in [0.25, 0.3) is 0 Å². The van der Waals surface area contributed by atoms with E-state index in [1.807, 2.05) is 44.0 Å². The fourth-order valence-corrected chi connectivity index (χ4v) is 2.40. The molecule has 2 rings (SSSR count). The molecule has 0 radical (unpaired) electrons. The molecule has 0 aromatic heterocycles. The van der Waals surface area contributed by atoms with Crippen molar-refractivity contribution in [3.8, 4) is 0 Å². The highest BCUT2D eigenvalue weighted by Crippen LogP contribution is 2.33. The summed E-state index contributed by atoms with van der Waals surface area (Å²) in [6, 6.07) is 8.54. The number of hydrogen-bond donors (Lipinski definition) is 1. The van der Waals surface area contributed by atoms with Gasteiger partial charge in [0.15, 0.2) is 0 Å². The lowest BCUT2D eigenvalue weighted by atomic mass is 9.95. The molecule has 0 bridgehead atoms. The number of nitrogens with one attached hydrogen (secondary N) is 1. The summed E-state index contributed by atoms with van der Waals surface area (Å²) >= 11 is 0. The number of hydrogen-bond acceptors (Lipinski definition) is 2. The molecule has 3 heteroatoms. The van der Waals surface area contributed by atoms with E-state index >= 15 is 0 Å². The Bertz CT molecular complexity index is 414.